The van der Waals surface area contributed by atoms with Crippen molar-refractivity contribution in [2.45, 2.75) is 38.6 Å². The molecule has 0 aliphatic carbocycles. The van der Waals surface area contributed by atoms with Crippen LogP contribution in [0.3, 0.4) is 0 Å². The first-order valence-electron chi connectivity index (χ1n) is 5.00. The summed E-state index contributed by atoms with van der Waals surface area (Å²) in [6.07, 6.45) is 11.9. The molecule has 1 unspecified atom stereocenters. The second kappa shape index (κ2) is 9.95. The molecule has 1 nitrogen and oxygen atoms in total. The molecule has 1 atom stereocenters. The molecule has 0 bridgehead atoms. The number of terminal acetylenes is 1. The molecular weight excluding hydrogens is 178 g/mol. The Hall–Kier alpha value is -0.130. The lowest BCUT2D eigenvalue weighted by Gasteiger charge is -2.16. The van der Waals surface area contributed by atoms with E-state index in [4.69, 9.17) is 6.42 Å². The Bertz CT molecular complexity index is 140. The van der Waals surface area contributed by atoms with E-state index in [-0.39, 0.29) is 0 Å². The van der Waals surface area contributed by atoms with Gasteiger partial charge in [0, 0.05) is 18.2 Å². The fraction of sp³-hybridized carbons (Fsp3) is 0.818. The fourth-order valence-electron chi connectivity index (χ4n) is 1.24. The zero-order valence-corrected chi connectivity index (χ0v) is 9.62. The zero-order valence-electron chi connectivity index (χ0n) is 8.81. The van der Waals surface area contributed by atoms with Crippen LogP contribution in [0, 0.1) is 12.3 Å². The van der Waals surface area contributed by atoms with E-state index in [1.54, 1.807) is 0 Å². The van der Waals surface area contributed by atoms with Crippen molar-refractivity contribution < 1.29 is 0 Å². The molecule has 0 rings (SSSR count). The van der Waals surface area contributed by atoms with Gasteiger partial charge in [-0.05, 0) is 32.1 Å². The molecule has 0 saturated heterocycles. The van der Waals surface area contributed by atoms with Gasteiger partial charge < -0.3 is 5.32 Å². The van der Waals surface area contributed by atoms with Gasteiger partial charge in [0.2, 0.25) is 0 Å². The smallest absolute Gasteiger partial charge is 0.0158 e. The first kappa shape index (κ1) is 12.9. The van der Waals surface area contributed by atoms with E-state index in [0.717, 1.165) is 19.4 Å². The van der Waals surface area contributed by atoms with Gasteiger partial charge in [0.05, 0.1) is 0 Å². The van der Waals surface area contributed by atoms with Crippen LogP contribution in [0.4, 0.5) is 0 Å². The van der Waals surface area contributed by atoms with Crippen LogP contribution in [-0.2, 0) is 0 Å². The summed E-state index contributed by atoms with van der Waals surface area (Å²) in [7, 11) is 0. The number of hydrogen-bond donors (Lipinski definition) is 1. The highest BCUT2D eigenvalue weighted by Crippen LogP contribution is 2.06. The summed E-state index contributed by atoms with van der Waals surface area (Å²) in [5.41, 5.74) is 0. The molecule has 0 amide bonds. The van der Waals surface area contributed by atoms with Crippen molar-refractivity contribution in [3.05, 3.63) is 0 Å². The van der Waals surface area contributed by atoms with Crippen LogP contribution in [0.1, 0.15) is 32.6 Å². The van der Waals surface area contributed by atoms with Crippen molar-refractivity contribution in [3.8, 4) is 12.3 Å². The van der Waals surface area contributed by atoms with E-state index in [1.807, 2.05) is 11.8 Å². The summed E-state index contributed by atoms with van der Waals surface area (Å²) < 4.78 is 0. The Morgan fingerprint density at radius 2 is 2.31 bits per heavy atom. The van der Waals surface area contributed by atoms with Crippen LogP contribution in [0.15, 0.2) is 0 Å². The van der Waals surface area contributed by atoms with Gasteiger partial charge in [-0.1, -0.05) is 6.92 Å². The summed E-state index contributed by atoms with van der Waals surface area (Å²) in [5, 5.41) is 3.54. The maximum atomic E-state index is 5.21. The standard InChI is InChI=1S/C11H21NS/c1-4-6-7-8-11(10-13-3)12-9-5-2/h1,11-12H,5-10H2,2-3H3. The van der Waals surface area contributed by atoms with Crippen LogP contribution in [0.25, 0.3) is 0 Å². The van der Waals surface area contributed by atoms with Crippen molar-refractivity contribution >= 4 is 11.8 Å². The number of nitrogens with one attached hydrogen (secondary N) is 1. The molecule has 76 valence electrons. The lowest BCUT2D eigenvalue weighted by atomic mass is 10.1. The molecule has 0 saturated carbocycles. The van der Waals surface area contributed by atoms with Gasteiger partial charge in [-0.15, -0.1) is 12.3 Å². The van der Waals surface area contributed by atoms with Gasteiger partial charge in [0.15, 0.2) is 0 Å². The molecule has 0 aromatic heterocycles. The second-order valence-corrected chi connectivity index (χ2v) is 4.11. The molecule has 1 N–H and O–H groups in total. The van der Waals surface area contributed by atoms with Crippen LogP contribution in [0.2, 0.25) is 0 Å². The Morgan fingerprint density at radius 1 is 1.54 bits per heavy atom. The lowest BCUT2D eigenvalue weighted by molar-refractivity contribution is 0.508. The lowest BCUT2D eigenvalue weighted by Crippen LogP contribution is -2.31. The molecule has 13 heavy (non-hydrogen) atoms. The Balaban J connectivity index is 3.48. The predicted molar refractivity (Wildman–Crippen MR) is 63.1 cm³/mol. The van der Waals surface area contributed by atoms with Crippen molar-refractivity contribution in [1.29, 1.82) is 0 Å². The normalized spacial score (nSPS) is 12.4. The molecular formula is C11H21NS. The minimum atomic E-state index is 0.656. The molecule has 0 spiro atoms. The molecule has 0 aliphatic heterocycles. The number of unbranched alkanes of at least 4 members (excludes halogenated alkanes) is 1. The van der Waals surface area contributed by atoms with Crippen LogP contribution < -0.4 is 5.32 Å². The summed E-state index contributed by atoms with van der Waals surface area (Å²) in [5.74, 6) is 3.89. The van der Waals surface area contributed by atoms with Crippen molar-refractivity contribution in [2.24, 2.45) is 0 Å². The third kappa shape index (κ3) is 8.21. The summed E-state index contributed by atoms with van der Waals surface area (Å²) in [6, 6.07) is 0.656. The molecule has 0 aliphatic rings. The Labute approximate surface area is 87.1 Å². The van der Waals surface area contributed by atoms with E-state index < -0.39 is 0 Å². The first-order valence-corrected chi connectivity index (χ1v) is 6.40. The predicted octanol–water partition coefficient (Wildman–Crippen LogP) is 2.52. The minimum Gasteiger partial charge on any atom is -0.313 e. The molecule has 0 fully saturated rings. The fourth-order valence-corrected chi connectivity index (χ4v) is 1.93. The minimum absolute atomic E-state index is 0.656. The van der Waals surface area contributed by atoms with Gasteiger partial charge in [0.25, 0.3) is 0 Å². The second-order valence-electron chi connectivity index (χ2n) is 3.20. The topological polar surface area (TPSA) is 12.0 Å². The Morgan fingerprint density at radius 3 is 2.85 bits per heavy atom. The maximum Gasteiger partial charge on any atom is 0.0158 e. The van der Waals surface area contributed by atoms with E-state index in [1.165, 1.54) is 18.6 Å². The highest BCUT2D eigenvalue weighted by atomic mass is 32.2. The first-order chi connectivity index (χ1) is 6.35. The van der Waals surface area contributed by atoms with E-state index in [0.29, 0.717) is 6.04 Å². The van der Waals surface area contributed by atoms with Gasteiger partial charge in [-0.25, -0.2) is 0 Å². The zero-order chi connectivity index (χ0) is 9.94. The molecule has 0 aromatic carbocycles. The highest BCUT2D eigenvalue weighted by molar-refractivity contribution is 7.98. The number of rotatable bonds is 8. The molecule has 0 aromatic rings. The van der Waals surface area contributed by atoms with Gasteiger partial charge in [-0.2, -0.15) is 11.8 Å². The van der Waals surface area contributed by atoms with E-state index in [2.05, 4.69) is 24.4 Å². The van der Waals surface area contributed by atoms with Crippen LogP contribution in [0.5, 0.6) is 0 Å². The maximum absolute atomic E-state index is 5.21. The SMILES string of the molecule is C#CCCCC(CSC)NCCC. The summed E-state index contributed by atoms with van der Waals surface area (Å²) in [6.45, 7) is 3.33. The van der Waals surface area contributed by atoms with Crippen LogP contribution >= 0.6 is 11.8 Å². The van der Waals surface area contributed by atoms with E-state index in [9.17, 15) is 0 Å². The van der Waals surface area contributed by atoms with Gasteiger partial charge in [-0.3, -0.25) is 0 Å². The number of hydrogen-bond acceptors (Lipinski definition) is 2. The third-order valence-corrected chi connectivity index (χ3v) is 2.66. The largest absolute Gasteiger partial charge is 0.313 e. The van der Waals surface area contributed by atoms with Crippen LogP contribution in [-0.4, -0.2) is 24.6 Å². The van der Waals surface area contributed by atoms with Crippen molar-refractivity contribution in [3.63, 3.8) is 0 Å². The summed E-state index contributed by atoms with van der Waals surface area (Å²) >= 11 is 1.90. The molecule has 0 heterocycles. The van der Waals surface area contributed by atoms with Gasteiger partial charge >= 0.3 is 0 Å². The third-order valence-electron chi connectivity index (χ3n) is 1.92. The highest BCUT2D eigenvalue weighted by Gasteiger charge is 2.05. The molecule has 0 radical (unpaired) electrons. The monoisotopic (exact) mass is 199 g/mol. The number of thioether (sulfide) groups is 1. The Kier molecular flexibility index (Phi) is 9.85. The average molecular weight is 199 g/mol. The summed E-state index contributed by atoms with van der Waals surface area (Å²) in [4.78, 5) is 0. The van der Waals surface area contributed by atoms with Crippen molar-refractivity contribution in [1.82, 2.24) is 5.32 Å². The quantitative estimate of drug-likeness (QED) is 0.476. The molecule has 2 heteroatoms. The van der Waals surface area contributed by atoms with Crippen molar-refractivity contribution in [2.75, 3.05) is 18.6 Å². The van der Waals surface area contributed by atoms with Gasteiger partial charge in [0.1, 0.15) is 0 Å². The van der Waals surface area contributed by atoms with E-state index >= 15 is 0 Å². The average Bonchev–Trinajstić information content (AvgIpc) is 2.14.